The van der Waals surface area contributed by atoms with Crippen LogP contribution < -0.4 is 0 Å². The van der Waals surface area contributed by atoms with Crippen LogP contribution in [0.1, 0.15) is 39.5 Å². The summed E-state index contributed by atoms with van der Waals surface area (Å²) in [5.74, 6) is 2.31. The van der Waals surface area contributed by atoms with E-state index in [2.05, 4.69) is 18.7 Å². The third-order valence-electron chi connectivity index (χ3n) is 3.64. The Labute approximate surface area is 86.7 Å². The molecule has 1 aliphatic carbocycles. The maximum absolute atomic E-state index is 11.9. The summed E-state index contributed by atoms with van der Waals surface area (Å²) in [5, 5.41) is 0. The van der Waals surface area contributed by atoms with Crippen molar-refractivity contribution >= 4 is 5.91 Å². The number of carbonyl (C=O) groups is 1. The molecule has 2 heteroatoms. The van der Waals surface area contributed by atoms with Crippen molar-refractivity contribution in [3.05, 3.63) is 0 Å². The van der Waals surface area contributed by atoms with E-state index in [1.807, 2.05) is 0 Å². The number of carbonyl (C=O) groups excluding carboxylic acids is 1. The van der Waals surface area contributed by atoms with Crippen LogP contribution >= 0.6 is 0 Å². The van der Waals surface area contributed by atoms with Crippen molar-refractivity contribution in [1.82, 2.24) is 4.90 Å². The van der Waals surface area contributed by atoms with Crippen molar-refractivity contribution < 1.29 is 4.79 Å². The summed E-state index contributed by atoms with van der Waals surface area (Å²) in [7, 11) is 0. The number of piperidine rings is 1. The van der Waals surface area contributed by atoms with Gasteiger partial charge in [-0.15, -0.1) is 0 Å². The second-order valence-corrected chi connectivity index (χ2v) is 5.20. The van der Waals surface area contributed by atoms with Gasteiger partial charge in [-0.2, -0.15) is 0 Å². The fraction of sp³-hybridized carbons (Fsp3) is 0.917. The minimum Gasteiger partial charge on any atom is -0.342 e. The van der Waals surface area contributed by atoms with Crippen molar-refractivity contribution in [3.8, 4) is 0 Å². The Balaban J connectivity index is 1.89. The molecule has 1 amide bonds. The fourth-order valence-electron chi connectivity index (χ4n) is 2.34. The van der Waals surface area contributed by atoms with Crippen LogP contribution in [0.25, 0.3) is 0 Å². The second-order valence-electron chi connectivity index (χ2n) is 5.20. The molecule has 2 nitrogen and oxygen atoms in total. The van der Waals surface area contributed by atoms with Gasteiger partial charge in [0.1, 0.15) is 0 Å². The molecular weight excluding hydrogens is 174 g/mol. The number of hydrogen-bond donors (Lipinski definition) is 0. The predicted octanol–water partition coefficient (Wildman–Crippen LogP) is 2.29. The maximum atomic E-state index is 11.9. The number of nitrogens with zero attached hydrogens (tertiary/aromatic N) is 1. The normalized spacial score (nSPS) is 28.2. The molecule has 1 saturated heterocycles. The molecule has 0 radical (unpaired) electrons. The summed E-state index contributed by atoms with van der Waals surface area (Å²) in [5.41, 5.74) is 0. The van der Waals surface area contributed by atoms with E-state index in [-0.39, 0.29) is 0 Å². The van der Waals surface area contributed by atoms with Crippen LogP contribution in [0.3, 0.4) is 0 Å². The molecular formula is C12H21NO. The molecule has 0 bridgehead atoms. The van der Waals surface area contributed by atoms with Crippen LogP contribution in [0.15, 0.2) is 0 Å². The molecule has 1 unspecified atom stereocenters. The molecule has 2 aliphatic rings. The van der Waals surface area contributed by atoms with Gasteiger partial charge in [0.15, 0.2) is 0 Å². The highest BCUT2D eigenvalue weighted by molar-refractivity contribution is 5.81. The highest BCUT2D eigenvalue weighted by atomic mass is 16.2. The summed E-state index contributed by atoms with van der Waals surface area (Å²) >= 11 is 0. The SMILES string of the molecule is CC(C)C1CCCN(C(=O)C2CC2)C1. The summed E-state index contributed by atoms with van der Waals surface area (Å²) in [6.07, 6.45) is 4.80. The largest absolute Gasteiger partial charge is 0.342 e. The van der Waals surface area contributed by atoms with Crippen molar-refractivity contribution in [3.63, 3.8) is 0 Å². The zero-order valence-corrected chi connectivity index (χ0v) is 9.33. The van der Waals surface area contributed by atoms with E-state index in [0.29, 0.717) is 11.8 Å². The van der Waals surface area contributed by atoms with Gasteiger partial charge in [0.05, 0.1) is 0 Å². The summed E-state index contributed by atoms with van der Waals surface area (Å²) in [6, 6.07) is 0. The van der Waals surface area contributed by atoms with E-state index >= 15 is 0 Å². The predicted molar refractivity (Wildman–Crippen MR) is 56.9 cm³/mol. The van der Waals surface area contributed by atoms with Crippen molar-refractivity contribution in [2.75, 3.05) is 13.1 Å². The maximum Gasteiger partial charge on any atom is 0.225 e. The lowest BCUT2D eigenvalue weighted by Crippen LogP contribution is -2.42. The average Bonchev–Trinajstić information content (AvgIpc) is 3.00. The van der Waals surface area contributed by atoms with Crippen molar-refractivity contribution in [2.45, 2.75) is 39.5 Å². The van der Waals surface area contributed by atoms with Crippen molar-refractivity contribution in [1.29, 1.82) is 0 Å². The molecule has 80 valence electrons. The van der Waals surface area contributed by atoms with Gasteiger partial charge in [0.25, 0.3) is 0 Å². The molecule has 2 fully saturated rings. The molecule has 14 heavy (non-hydrogen) atoms. The van der Waals surface area contributed by atoms with Crippen LogP contribution in [0.2, 0.25) is 0 Å². The Morgan fingerprint density at radius 2 is 2.00 bits per heavy atom. The molecule has 0 aromatic carbocycles. The van der Waals surface area contributed by atoms with Gasteiger partial charge >= 0.3 is 0 Å². The molecule has 0 aromatic rings. The molecule has 2 rings (SSSR count). The first kappa shape index (κ1) is 10.0. The lowest BCUT2D eigenvalue weighted by atomic mass is 9.88. The Morgan fingerprint density at radius 3 is 2.57 bits per heavy atom. The van der Waals surface area contributed by atoms with E-state index < -0.39 is 0 Å². The van der Waals surface area contributed by atoms with Crippen LogP contribution in [0.5, 0.6) is 0 Å². The van der Waals surface area contributed by atoms with Gasteiger partial charge < -0.3 is 4.90 Å². The highest BCUT2D eigenvalue weighted by Gasteiger charge is 2.35. The minimum absolute atomic E-state index is 0.404. The van der Waals surface area contributed by atoms with E-state index in [1.54, 1.807) is 0 Å². The zero-order chi connectivity index (χ0) is 10.1. The first-order valence-corrected chi connectivity index (χ1v) is 5.97. The Kier molecular flexibility index (Phi) is 2.80. The quantitative estimate of drug-likeness (QED) is 0.662. The minimum atomic E-state index is 0.404. The first-order valence-electron chi connectivity index (χ1n) is 5.97. The first-order chi connectivity index (χ1) is 6.68. The van der Waals surface area contributed by atoms with Gasteiger partial charge in [0.2, 0.25) is 5.91 Å². The number of amides is 1. The number of hydrogen-bond acceptors (Lipinski definition) is 1. The molecule has 1 atom stereocenters. The lowest BCUT2D eigenvalue weighted by Gasteiger charge is -2.35. The van der Waals surface area contributed by atoms with Crippen LogP contribution in [-0.4, -0.2) is 23.9 Å². The third-order valence-corrected chi connectivity index (χ3v) is 3.64. The van der Waals surface area contributed by atoms with Gasteiger partial charge in [-0.3, -0.25) is 4.79 Å². The van der Waals surface area contributed by atoms with Crippen LogP contribution in [-0.2, 0) is 4.79 Å². The Bertz CT molecular complexity index is 220. The van der Waals surface area contributed by atoms with Crippen LogP contribution in [0.4, 0.5) is 0 Å². The van der Waals surface area contributed by atoms with Gasteiger partial charge in [-0.05, 0) is 37.5 Å². The molecule has 0 spiro atoms. The number of likely N-dealkylation sites (tertiary alicyclic amines) is 1. The van der Waals surface area contributed by atoms with Gasteiger partial charge in [-0.1, -0.05) is 13.8 Å². The topological polar surface area (TPSA) is 20.3 Å². The Morgan fingerprint density at radius 1 is 1.29 bits per heavy atom. The lowest BCUT2D eigenvalue weighted by molar-refractivity contribution is -0.134. The molecule has 1 heterocycles. The van der Waals surface area contributed by atoms with Gasteiger partial charge in [0, 0.05) is 19.0 Å². The fourth-order valence-corrected chi connectivity index (χ4v) is 2.34. The third kappa shape index (κ3) is 2.10. The summed E-state index contributed by atoms with van der Waals surface area (Å²) in [6.45, 7) is 6.58. The van der Waals surface area contributed by atoms with E-state index in [4.69, 9.17) is 0 Å². The summed E-state index contributed by atoms with van der Waals surface area (Å²) in [4.78, 5) is 14.0. The highest BCUT2D eigenvalue weighted by Crippen LogP contribution is 2.33. The second kappa shape index (κ2) is 3.92. The zero-order valence-electron chi connectivity index (χ0n) is 9.33. The monoisotopic (exact) mass is 195 g/mol. The molecule has 0 aromatic heterocycles. The Hall–Kier alpha value is -0.530. The van der Waals surface area contributed by atoms with Crippen molar-refractivity contribution in [2.24, 2.45) is 17.8 Å². The smallest absolute Gasteiger partial charge is 0.225 e. The van der Waals surface area contributed by atoms with Gasteiger partial charge in [-0.25, -0.2) is 0 Å². The molecule has 0 N–H and O–H groups in total. The molecule has 1 aliphatic heterocycles. The van der Waals surface area contributed by atoms with Crippen LogP contribution in [0, 0.1) is 17.8 Å². The van der Waals surface area contributed by atoms with E-state index in [9.17, 15) is 4.79 Å². The molecule has 1 saturated carbocycles. The number of rotatable bonds is 2. The average molecular weight is 195 g/mol. The standard InChI is InChI=1S/C12H21NO/c1-9(2)11-4-3-7-13(8-11)12(14)10-5-6-10/h9-11H,3-8H2,1-2H3. The summed E-state index contributed by atoms with van der Waals surface area (Å²) < 4.78 is 0. The van der Waals surface area contributed by atoms with E-state index in [0.717, 1.165) is 37.8 Å². The van der Waals surface area contributed by atoms with E-state index in [1.165, 1.54) is 12.8 Å².